The predicted octanol–water partition coefficient (Wildman–Crippen LogP) is 3.47. The van der Waals surface area contributed by atoms with E-state index in [1.807, 2.05) is 12.1 Å². The Morgan fingerprint density at radius 3 is 2.96 bits per heavy atom. The zero-order valence-corrected chi connectivity index (χ0v) is 15.1. The second-order valence-electron chi connectivity index (χ2n) is 5.55. The first-order valence-electron chi connectivity index (χ1n) is 7.89. The van der Waals surface area contributed by atoms with E-state index in [9.17, 15) is 15.2 Å². The number of hydrogen-bond acceptors (Lipinski definition) is 8. The Morgan fingerprint density at radius 1 is 1.37 bits per heavy atom. The Hall–Kier alpha value is -3.40. The molecule has 9 nitrogen and oxygen atoms in total. The van der Waals surface area contributed by atoms with E-state index >= 15 is 0 Å². The predicted molar refractivity (Wildman–Crippen MR) is 103 cm³/mol. The van der Waals surface area contributed by atoms with Crippen molar-refractivity contribution in [2.24, 2.45) is 5.10 Å². The van der Waals surface area contributed by atoms with Crippen LogP contribution in [0.1, 0.15) is 16.7 Å². The molecule has 0 saturated heterocycles. The number of aromatic nitrogens is 3. The lowest BCUT2D eigenvalue weighted by molar-refractivity contribution is -0.384. The van der Waals surface area contributed by atoms with Gasteiger partial charge in [0.05, 0.1) is 11.1 Å². The number of nitrogens with zero attached hydrogens (tertiary/aromatic N) is 4. The zero-order valence-electron chi connectivity index (χ0n) is 14.3. The number of aryl methyl sites for hydroxylation is 1. The number of benzene rings is 2. The number of hydrazone groups is 1. The molecule has 0 atom stereocenters. The largest absolute Gasteiger partial charge is 0.507 e. The molecule has 0 aliphatic carbocycles. The van der Waals surface area contributed by atoms with Crippen LogP contribution in [0.5, 0.6) is 5.75 Å². The molecule has 0 aliphatic rings. The highest BCUT2D eigenvalue weighted by Gasteiger charge is 2.09. The summed E-state index contributed by atoms with van der Waals surface area (Å²) in [5.41, 5.74) is 5.14. The number of phenolic OH excluding ortho intramolecular Hbond substituents is 1. The van der Waals surface area contributed by atoms with Gasteiger partial charge in [-0.15, -0.1) is 5.10 Å². The Labute approximate surface area is 158 Å². The van der Waals surface area contributed by atoms with Crippen molar-refractivity contribution >= 4 is 29.6 Å². The molecule has 0 amide bonds. The summed E-state index contributed by atoms with van der Waals surface area (Å²) in [5, 5.41) is 31.8. The molecule has 2 aromatic carbocycles. The number of aromatic amines is 1. The average Bonchev–Trinajstić information content (AvgIpc) is 3.10. The number of aromatic hydroxyl groups is 1. The van der Waals surface area contributed by atoms with Gasteiger partial charge in [-0.3, -0.25) is 10.1 Å². The van der Waals surface area contributed by atoms with Gasteiger partial charge in [-0.05, 0) is 24.1 Å². The Bertz CT molecular complexity index is 988. The van der Waals surface area contributed by atoms with Crippen LogP contribution in [0.25, 0.3) is 0 Å². The Balaban J connectivity index is 1.60. The summed E-state index contributed by atoms with van der Waals surface area (Å²) in [7, 11) is 0. The van der Waals surface area contributed by atoms with Crippen LogP contribution in [0.4, 0.5) is 11.6 Å². The zero-order chi connectivity index (χ0) is 19.2. The minimum Gasteiger partial charge on any atom is -0.507 e. The molecule has 0 aliphatic heterocycles. The molecule has 10 heteroatoms. The molecule has 0 radical (unpaired) electrons. The third-order valence-corrected chi connectivity index (χ3v) is 4.58. The fourth-order valence-electron chi connectivity index (χ4n) is 2.20. The molecule has 3 rings (SSSR count). The molecule has 0 unspecified atom stereocenters. The first-order chi connectivity index (χ1) is 13.0. The number of anilines is 1. The first kappa shape index (κ1) is 18.4. The first-order valence-corrected chi connectivity index (χ1v) is 8.87. The molecule has 0 bridgehead atoms. The van der Waals surface area contributed by atoms with Crippen molar-refractivity contribution in [3.63, 3.8) is 0 Å². The highest BCUT2D eigenvalue weighted by Crippen LogP contribution is 2.23. The SMILES string of the molecule is Cc1ccccc1CSc1n[nH]c(N/N=C\c2cc([N+](=O)[O-])ccc2O)n1. The van der Waals surface area contributed by atoms with Gasteiger partial charge in [-0.25, -0.2) is 10.5 Å². The van der Waals surface area contributed by atoms with Crippen LogP contribution in [0.15, 0.2) is 52.7 Å². The molecular weight excluding hydrogens is 368 g/mol. The van der Waals surface area contributed by atoms with Crippen LogP contribution in [-0.4, -0.2) is 31.4 Å². The van der Waals surface area contributed by atoms with Crippen LogP contribution in [0, 0.1) is 17.0 Å². The molecule has 0 spiro atoms. The summed E-state index contributed by atoms with van der Waals surface area (Å²) < 4.78 is 0. The van der Waals surface area contributed by atoms with E-state index in [0.29, 0.717) is 11.1 Å². The van der Waals surface area contributed by atoms with E-state index in [4.69, 9.17) is 0 Å². The Morgan fingerprint density at radius 2 is 2.19 bits per heavy atom. The molecule has 1 aromatic heterocycles. The number of nitrogens with one attached hydrogen (secondary N) is 2. The van der Waals surface area contributed by atoms with Crippen LogP contribution >= 0.6 is 11.8 Å². The van der Waals surface area contributed by atoms with Gasteiger partial charge >= 0.3 is 0 Å². The van der Waals surface area contributed by atoms with E-state index in [-0.39, 0.29) is 17.0 Å². The van der Waals surface area contributed by atoms with Gasteiger partial charge < -0.3 is 5.11 Å². The second kappa shape index (κ2) is 8.32. The van der Waals surface area contributed by atoms with E-state index < -0.39 is 4.92 Å². The van der Waals surface area contributed by atoms with E-state index in [0.717, 1.165) is 5.75 Å². The smallest absolute Gasteiger partial charge is 0.270 e. The van der Waals surface area contributed by atoms with E-state index in [1.165, 1.54) is 47.3 Å². The highest BCUT2D eigenvalue weighted by atomic mass is 32.2. The lowest BCUT2D eigenvalue weighted by Gasteiger charge is -2.02. The average molecular weight is 384 g/mol. The highest BCUT2D eigenvalue weighted by molar-refractivity contribution is 7.98. The fraction of sp³-hybridized carbons (Fsp3) is 0.118. The summed E-state index contributed by atoms with van der Waals surface area (Å²) >= 11 is 1.49. The molecule has 3 aromatic rings. The number of non-ortho nitro benzene ring substituents is 1. The standard InChI is InChI=1S/C17H16N6O3S/c1-11-4-2-3-5-12(11)10-27-17-19-16(21-22-17)20-18-9-13-8-14(23(25)26)6-7-15(13)24/h2-9,24H,10H2,1H3,(H2,19,20,21,22)/b18-9-. The maximum atomic E-state index is 10.8. The molecule has 138 valence electrons. The number of rotatable bonds is 7. The van der Waals surface area contributed by atoms with E-state index in [1.54, 1.807) is 0 Å². The molecule has 3 N–H and O–H groups in total. The number of nitro groups is 1. The lowest BCUT2D eigenvalue weighted by atomic mass is 10.1. The van der Waals surface area contributed by atoms with Crippen molar-refractivity contribution in [1.82, 2.24) is 15.2 Å². The van der Waals surface area contributed by atoms with Crippen LogP contribution in [0.2, 0.25) is 0 Å². The normalized spacial score (nSPS) is 11.0. The summed E-state index contributed by atoms with van der Waals surface area (Å²) in [6.07, 6.45) is 1.27. The van der Waals surface area contributed by atoms with Gasteiger partial charge in [-0.2, -0.15) is 10.1 Å². The summed E-state index contributed by atoms with van der Waals surface area (Å²) in [6.45, 7) is 2.05. The molecular formula is C17H16N6O3S. The number of hydrogen-bond donors (Lipinski definition) is 3. The molecule has 0 saturated carbocycles. The summed E-state index contributed by atoms with van der Waals surface area (Å²) in [5.74, 6) is 0.955. The molecule has 27 heavy (non-hydrogen) atoms. The maximum Gasteiger partial charge on any atom is 0.270 e. The van der Waals surface area contributed by atoms with Crippen molar-refractivity contribution in [3.8, 4) is 5.75 Å². The van der Waals surface area contributed by atoms with E-state index in [2.05, 4.69) is 44.8 Å². The number of H-pyrrole nitrogens is 1. The maximum absolute atomic E-state index is 10.8. The number of nitro benzene ring substituents is 1. The van der Waals surface area contributed by atoms with Gasteiger partial charge in [0.25, 0.3) is 5.69 Å². The fourth-order valence-corrected chi connectivity index (χ4v) is 3.07. The van der Waals surface area contributed by atoms with Crippen molar-refractivity contribution in [2.75, 3.05) is 5.43 Å². The van der Waals surface area contributed by atoms with Gasteiger partial charge in [-0.1, -0.05) is 36.0 Å². The third-order valence-electron chi connectivity index (χ3n) is 3.68. The van der Waals surface area contributed by atoms with Gasteiger partial charge in [0.1, 0.15) is 5.75 Å². The van der Waals surface area contributed by atoms with Crippen LogP contribution in [-0.2, 0) is 5.75 Å². The van der Waals surface area contributed by atoms with Crippen molar-refractivity contribution in [3.05, 3.63) is 69.3 Å². The number of phenols is 1. The quantitative estimate of drug-likeness (QED) is 0.246. The van der Waals surface area contributed by atoms with Crippen LogP contribution in [0.3, 0.4) is 0 Å². The van der Waals surface area contributed by atoms with Crippen molar-refractivity contribution in [1.29, 1.82) is 0 Å². The summed E-state index contributed by atoms with van der Waals surface area (Å²) in [6, 6.07) is 11.8. The Kier molecular flexibility index (Phi) is 5.67. The van der Waals surface area contributed by atoms with Crippen molar-refractivity contribution < 1.29 is 10.0 Å². The van der Waals surface area contributed by atoms with Gasteiger partial charge in [0.15, 0.2) is 0 Å². The number of thioether (sulfide) groups is 1. The molecule has 1 heterocycles. The van der Waals surface area contributed by atoms with Gasteiger partial charge in [0, 0.05) is 23.4 Å². The topological polar surface area (TPSA) is 129 Å². The lowest BCUT2D eigenvalue weighted by Crippen LogP contribution is -1.94. The van der Waals surface area contributed by atoms with Crippen LogP contribution < -0.4 is 5.43 Å². The molecule has 0 fully saturated rings. The third kappa shape index (κ3) is 4.82. The van der Waals surface area contributed by atoms with Crippen molar-refractivity contribution in [2.45, 2.75) is 17.8 Å². The monoisotopic (exact) mass is 384 g/mol. The second-order valence-corrected chi connectivity index (χ2v) is 6.49. The summed E-state index contributed by atoms with van der Waals surface area (Å²) in [4.78, 5) is 14.5. The van der Waals surface area contributed by atoms with Gasteiger partial charge in [0.2, 0.25) is 11.1 Å². The minimum absolute atomic E-state index is 0.113. The minimum atomic E-state index is -0.543.